The molecule has 1 aliphatic carbocycles. The minimum atomic E-state index is 0.226. The Morgan fingerprint density at radius 3 is 2.73 bits per heavy atom. The number of ketones is 1. The zero-order chi connectivity index (χ0) is 10.9. The first-order valence-corrected chi connectivity index (χ1v) is 6.42. The zero-order valence-corrected chi connectivity index (χ0v) is 10.2. The Kier molecular flexibility index (Phi) is 2.91. The number of Topliss-reactive ketones (excluding diaryl/α,β-unsaturated/α-hetero) is 1. The molecule has 0 atom stereocenters. The summed E-state index contributed by atoms with van der Waals surface area (Å²) in [4.78, 5) is 16.2. The number of carbonyl (C=O) groups excluding carboxylic acids is 1. The number of rotatable bonds is 3. The summed E-state index contributed by atoms with van der Waals surface area (Å²) in [6.45, 7) is 4.18. The summed E-state index contributed by atoms with van der Waals surface area (Å²) in [5.74, 6) is 0.226. The molecule has 2 nitrogen and oxygen atoms in total. The van der Waals surface area contributed by atoms with Gasteiger partial charge in [-0.3, -0.25) is 4.79 Å². The van der Waals surface area contributed by atoms with Crippen molar-refractivity contribution < 1.29 is 4.79 Å². The Hall–Kier alpha value is -0.700. The first-order chi connectivity index (χ1) is 7.09. The molecule has 1 aromatic heterocycles. The minimum Gasteiger partial charge on any atom is -0.292 e. The SMILES string of the molecule is Cc1nc(C(=O)CC2(C)CCCC2)cs1. The first kappa shape index (κ1) is 10.8. The number of hydrogen-bond donors (Lipinski definition) is 0. The molecule has 0 radical (unpaired) electrons. The van der Waals surface area contributed by atoms with E-state index < -0.39 is 0 Å². The smallest absolute Gasteiger partial charge is 0.182 e. The molecule has 0 unspecified atom stereocenters. The van der Waals surface area contributed by atoms with Gasteiger partial charge in [0.15, 0.2) is 5.78 Å². The van der Waals surface area contributed by atoms with Crippen LogP contribution in [0.5, 0.6) is 0 Å². The second-order valence-corrected chi connectivity index (χ2v) is 5.93. The molecule has 1 saturated carbocycles. The second kappa shape index (κ2) is 4.05. The third-order valence-electron chi connectivity index (χ3n) is 3.30. The highest BCUT2D eigenvalue weighted by Crippen LogP contribution is 2.41. The van der Waals surface area contributed by atoms with E-state index in [-0.39, 0.29) is 11.2 Å². The van der Waals surface area contributed by atoms with Gasteiger partial charge in [0.05, 0.1) is 5.01 Å². The summed E-state index contributed by atoms with van der Waals surface area (Å²) in [6.07, 6.45) is 5.62. The van der Waals surface area contributed by atoms with Crippen LogP contribution in [0.25, 0.3) is 0 Å². The van der Waals surface area contributed by atoms with E-state index in [0.29, 0.717) is 12.1 Å². The lowest BCUT2D eigenvalue weighted by Gasteiger charge is -2.21. The molecule has 0 N–H and O–H groups in total. The summed E-state index contributed by atoms with van der Waals surface area (Å²) in [6, 6.07) is 0. The van der Waals surface area contributed by atoms with Crippen molar-refractivity contribution >= 4 is 17.1 Å². The van der Waals surface area contributed by atoms with E-state index in [1.807, 2.05) is 12.3 Å². The van der Waals surface area contributed by atoms with Crippen LogP contribution in [-0.4, -0.2) is 10.8 Å². The lowest BCUT2D eigenvalue weighted by Crippen LogP contribution is -2.17. The molecule has 0 aliphatic heterocycles. The quantitative estimate of drug-likeness (QED) is 0.733. The minimum absolute atomic E-state index is 0.226. The predicted molar refractivity (Wildman–Crippen MR) is 62.4 cm³/mol. The molecule has 0 bridgehead atoms. The van der Waals surface area contributed by atoms with Gasteiger partial charge in [-0.25, -0.2) is 4.98 Å². The monoisotopic (exact) mass is 223 g/mol. The molecule has 2 rings (SSSR count). The van der Waals surface area contributed by atoms with Crippen LogP contribution in [0, 0.1) is 12.3 Å². The average Bonchev–Trinajstić information content (AvgIpc) is 2.75. The maximum Gasteiger partial charge on any atom is 0.182 e. The summed E-state index contributed by atoms with van der Waals surface area (Å²) >= 11 is 1.56. The molecule has 1 heterocycles. The van der Waals surface area contributed by atoms with Gasteiger partial charge in [0, 0.05) is 11.8 Å². The highest BCUT2D eigenvalue weighted by Gasteiger charge is 2.31. The number of aromatic nitrogens is 1. The van der Waals surface area contributed by atoms with E-state index in [2.05, 4.69) is 11.9 Å². The van der Waals surface area contributed by atoms with Gasteiger partial charge < -0.3 is 0 Å². The van der Waals surface area contributed by atoms with E-state index in [1.165, 1.54) is 25.7 Å². The number of nitrogens with zero attached hydrogens (tertiary/aromatic N) is 1. The van der Waals surface area contributed by atoms with Crippen LogP contribution in [-0.2, 0) is 0 Å². The number of carbonyl (C=O) groups is 1. The molecule has 3 heteroatoms. The van der Waals surface area contributed by atoms with E-state index in [0.717, 1.165) is 5.01 Å². The van der Waals surface area contributed by atoms with E-state index in [9.17, 15) is 4.79 Å². The maximum atomic E-state index is 12.0. The van der Waals surface area contributed by atoms with Crippen molar-refractivity contribution in [3.05, 3.63) is 16.1 Å². The Bertz CT molecular complexity index is 363. The van der Waals surface area contributed by atoms with Gasteiger partial charge in [0.2, 0.25) is 0 Å². The summed E-state index contributed by atoms with van der Waals surface area (Å²) in [7, 11) is 0. The molecule has 0 amide bonds. The first-order valence-electron chi connectivity index (χ1n) is 5.54. The van der Waals surface area contributed by atoms with Gasteiger partial charge in [-0.2, -0.15) is 0 Å². The van der Waals surface area contributed by atoms with Crippen LogP contribution >= 0.6 is 11.3 Å². The van der Waals surface area contributed by atoms with Crippen molar-refractivity contribution in [1.29, 1.82) is 0 Å². The fourth-order valence-electron chi connectivity index (χ4n) is 2.38. The highest BCUT2D eigenvalue weighted by atomic mass is 32.1. The Morgan fingerprint density at radius 1 is 1.53 bits per heavy atom. The van der Waals surface area contributed by atoms with Gasteiger partial charge in [0.25, 0.3) is 0 Å². The normalized spacial score (nSPS) is 19.3. The fraction of sp³-hybridized carbons (Fsp3) is 0.667. The van der Waals surface area contributed by atoms with Crippen LogP contribution in [0.3, 0.4) is 0 Å². The van der Waals surface area contributed by atoms with Gasteiger partial charge in [-0.1, -0.05) is 19.8 Å². The lowest BCUT2D eigenvalue weighted by molar-refractivity contribution is 0.0919. The van der Waals surface area contributed by atoms with Gasteiger partial charge in [-0.15, -0.1) is 11.3 Å². The van der Waals surface area contributed by atoms with Gasteiger partial charge >= 0.3 is 0 Å². The van der Waals surface area contributed by atoms with Gasteiger partial charge in [0.1, 0.15) is 5.69 Å². The molecule has 1 fully saturated rings. The largest absolute Gasteiger partial charge is 0.292 e. The molecule has 1 aromatic rings. The van der Waals surface area contributed by atoms with Crippen molar-refractivity contribution in [3.63, 3.8) is 0 Å². The van der Waals surface area contributed by atoms with Crippen molar-refractivity contribution in [2.24, 2.45) is 5.41 Å². The summed E-state index contributed by atoms with van der Waals surface area (Å²) in [5, 5.41) is 2.87. The summed E-state index contributed by atoms with van der Waals surface area (Å²) in [5.41, 5.74) is 0.917. The Labute approximate surface area is 94.7 Å². The van der Waals surface area contributed by atoms with Crippen molar-refractivity contribution in [2.75, 3.05) is 0 Å². The molecule has 0 aromatic carbocycles. The van der Waals surface area contributed by atoms with Crippen LogP contribution in [0.4, 0.5) is 0 Å². The van der Waals surface area contributed by atoms with Crippen LogP contribution < -0.4 is 0 Å². The third-order valence-corrected chi connectivity index (χ3v) is 4.08. The third kappa shape index (κ3) is 2.46. The van der Waals surface area contributed by atoms with E-state index in [4.69, 9.17) is 0 Å². The molecule has 0 spiro atoms. The van der Waals surface area contributed by atoms with E-state index in [1.54, 1.807) is 11.3 Å². The van der Waals surface area contributed by atoms with Crippen molar-refractivity contribution in [1.82, 2.24) is 4.98 Å². The summed E-state index contributed by atoms with van der Waals surface area (Å²) < 4.78 is 0. The number of aryl methyl sites for hydroxylation is 1. The van der Waals surface area contributed by atoms with Crippen molar-refractivity contribution in [3.8, 4) is 0 Å². The predicted octanol–water partition coefficient (Wildman–Crippen LogP) is 3.60. The Morgan fingerprint density at radius 2 is 2.20 bits per heavy atom. The van der Waals surface area contributed by atoms with Crippen LogP contribution in [0.2, 0.25) is 0 Å². The molecule has 15 heavy (non-hydrogen) atoms. The lowest BCUT2D eigenvalue weighted by atomic mass is 9.83. The van der Waals surface area contributed by atoms with Crippen molar-refractivity contribution in [2.45, 2.75) is 46.0 Å². The average molecular weight is 223 g/mol. The standard InChI is InChI=1S/C12H17NOS/c1-9-13-10(8-15-9)11(14)7-12(2)5-3-4-6-12/h8H,3-7H2,1-2H3. The van der Waals surface area contributed by atoms with Crippen LogP contribution in [0.15, 0.2) is 5.38 Å². The molecular weight excluding hydrogens is 206 g/mol. The molecule has 1 aliphatic rings. The van der Waals surface area contributed by atoms with Gasteiger partial charge in [-0.05, 0) is 25.2 Å². The number of thiazole rings is 1. The highest BCUT2D eigenvalue weighted by molar-refractivity contribution is 7.09. The van der Waals surface area contributed by atoms with E-state index >= 15 is 0 Å². The fourth-order valence-corrected chi connectivity index (χ4v) is 2.99. The zero-order valence-electron chi connectivity index (χ0n) is 9.38. The number of hydrogen-bond acceptors (Lipinski definition) is 3. The molecule has 0 saturated heterocycles. The topological polar surface area (TPSA) is 30.0 Å². The second-order valence-electron chi connectivity index (χ2n) is 4.87. The van der Waals surface area contributed by atoms with Crippen LogP contribution in [0.1, 0.15) is 54.5 Å². The maximum absolute atomic E-state index is 12.0. The molecule has 82 valence electrons. The molecular formula is C12H17NOS. The Balaban J connectivity index is 2.03.